The molecule has 0 spiro atoms. The molecule has 2 rings (SSSR count). The molecule has 6 heteroatoms. The Morgan fingerprint density at radius 3 is 2.70 bits per heavy atom. The molecule has 1 atom stereocenters. The minimum atomic E-state index is 0.224. The highest BCUT2D eigenvalue weighted by Gasteiger charge is 2.18. The molecule has 1 aliphatic heterocycles. The third kappa shape index (κ3) is 4.45. The van der Waals surface area contributed by atoms with E-state index in [1.54, 1.807) is 7.11 Å². The summed E-state index contributed by atoms with van der Waals surface area (Å²) in [5, 5.41) is 7.49. The fraction of sp³-hybridized carbons (Fsp3) is 0.857. The van der Waals surface area contributed by atoms with Crippen LogP contribution in [0.3, 0.4) is 0 Å². The third-order valence-electron chi connectivity index (χ3n) is 3.63. The summed E-state index contributed by atoms with van der Waals surface area (Å²) < 4.78 is 10.6. The largest absolute Gasteiger partial charge is 0.383 e. The first-order valence-electron chi connectivity index (χ1n) is 7.63. The molecule has 6 nitrogen and oxygen atoms in total. The van der Waals surface area contributed by atoms with Crippen LogP contribution in [0.15, 0.2) is 4.52 Å². The van der Waals surface area contributed by atoms with Crippen LogP contribution in [0.4, 0.5) is 5.95 Å². The second-order valence-corrected chi connectivity index (χ2v) is 5.30. The molecule has 0 bridgehead atoms. The SMILES string of the molecule is CCNC(COC)Cc1nc(N2CCCCCC2)no1. The first-order chi connectivity index (χ1) is 9.83. The molecule has 1 fully saturated rings. The van der Waals surface area contributed by atoms with Crippen LogP contribution in [-0.2, 0) is 11.2 Å². The van der Waals surface area contributed by atoms with E-state index in [0.29, 0.717) is 18.9 Å². The van der Waals surface area contributed by atoms with E-state index in [9.17, 15) is 0 Å². The van der Waals surface area contributed by atoms with Crippen molar-refractivity contribution in [1.82, 2.24) is 15.5 Å². The van der Waals surface area contributed by atoms with Gasteiger partial charge in [0.25, 0.3) is 5.95 Å². The maximum atomic E-state index is 5.38. The highest BCUT2D eigenvalue weighted by molar-refractivity contribution is 5.27. The lowest BCUT2D eigenvalue weighted by Crippen LogP contribution is -2.35. The van der Waals surface area contributed by atoms with Gasteiger partial charge in [-0.05, 0) is 24.5 Å². The average molecular weight is 282 g/mol. The van der Waals surface area contributed by atoms with E-state index in [2.05, 4.69) is 27.3 Å². The number of anilines is 1. The van der Waals surface area contributed by atoms with Crippen molar-refractivity contribution in [1.29, 1.82) is 0 Å². The second kappa shape index (κ2) is 8.21. The van der Waals surface area contributed by atoms with Gasteiger partial charge in [0.1, 0.15) is 0 Å². The molecule has 1 aromatic rings. The van der Waals surface area contributed by atoms with Crippen LogP contribution >= 0.6 is 0 Å². The molecule has 1 N–H and O–H groups in total. The highest BCUT2D eigenvalue weighted by Crippen LogP contribution is 2.16. The molecule has 0 radical (unpaired) electrons. The van der Waals surface area contributed by atoms with Gasteiger partial charge in [-0.15, -0.1) is 0 Å². The van der Waals surface area contributed by atoms with Gasteiger partial charge < -0.3 is 19.5 Å². The lowest BCUT2D eigenvalue weighted by Gasteiger charge is -2.16. The van der Waals surface area contributed by atoms with Crippen molar-refractivity contribution in [2.45, 2.75) is 45.1 Å². The van der Waals surface area contributed by atoms with E-state index >= 15 is 0 Å². The lowest BCUT2D eigenvalue weighted by atomic mass is 10.2. The van der Waals surface area contributed by atoms with Gasteiger partial charge in [0.05, 0.1) is 6.61 Å². The van der Waals surface area contributed by atoms with E-state index in [1.165, 1.54) is 25.7 Å². The molecule has 0 aromatic carbocycles. The molecule has 20 heavy (non-hydrogen) atoms. The van der Waals surface area contributed by atoms with Crippen molar-refractivity contribution in [3.63, 3.8) is 0 Å². The van der Waals surface area contributed by atoms with Gasteiger partial charge in [-0.2, -0.15) is 4.98 Å². The number of rotatable bonds is 7. The monoisotopic (exact) mass is 282 g/mol. The number of hydrogen-bond donors (Lipinski definition) is 1. The minimum absolute atomic E-state index is 0.224. The van der Waals surface area contributed by atoms with Crippen molar-refractivity contribution in [3.05, 3.63) is 5.89 Å². The summed E-state index contributed by atoms with van der Waals surface area (Å²) in [7, 11) is 1.71. The average Bonchev–Trinajstić information content (AvgIpc) is 2.73. The van der Waals surface area contributed by atoms with E-state index in [4.69, 9.17) is 9.26 Å². The zero-order valence-corrected chi connectivity index (χ0v) is 12.6. The Hall–Kier alpha value is -1.14. The van der Waals surface area contributed by atoms with Crippen molar-refractivity contribution in [2.75, 3.05) is 38.3 Å². The maximum absolute atomic E-state index is 5.38. The smallest absolute Gasteiger partial charge is 0.266 e. The number of nitrogens with one attached hydrogen (secondary N) is 1. The predicted octanol–water partition coefficient (Wildman–Crippen LogP) is 1.62. The highest BCUT2D eigenvalue weighted by atomic mass is 16.5. The van der Waals surface area contributed by atoms with Crippen LogP contribution in [0.2, 0.25) is 0 Å². The Balaban J connectivity index is 1.93. The number of aromatic nitrogens is 2. The van der Waals surface area contributed by atoms with E-state index in [-0.39, 0.29) is 6.04 Å². The molecular weight excluding hydrogens is 256 g/mol. The van der Waals surface area contributed by atoms with E-state index in [0.717, 1.165) is 25.6 Å². The summed E-state index contributed by atoms with van der Waals surface area (Å²) in [6.07, 6.45) is 5.75. The maximum Gasteiger partial charge on any atom is 0.266 e. The first kappa shape index (κ1) is 15.3. The van der Waals surface area contributed by atoms with Crippen LogP contribution in [0, 0.1) is 0 Å². The Bertz CT molecular complexity index is 369. The molecule has 2 heterocycles. The standard InChI is InChI=1S/C14H26N4O2/c1-3-15-12(11-19-2)10-13-16-14(17-20-13)18-8-6-4-5-7-9-18/h12,15H,3-11H2,1-2H3. The number of ether oxygens (including phenoxy) is 1. The quantitative estimate of drug-likeness (QED) is 0.820. The van der Waals surface area contributed by atoms with Crippen LogP contribution in [0.25, 0.3) is 0 Å². The zero-order valence-electron chi connectivity index (χ0n) is 12.6. The number of hydrogen-bond acceptors (Lipinski definition) is 6. The molecule has 1 aromatic heterocycles. The van der Waals surface area contributed by atoms with Crippen LogP contribution in [0.1, 0.15) is 38.5 Å². The summed E-state index contributed by atoms with van der Waals surface area (Å²) in [6, 6.07) is 0.224. The predicted molar refractivity (Wildman–Crippen MR) is 78.0 cm³/mol. The fourth-order valence-corrected chi connectivity index (χ4v) is 2.62. The number of methoxy groups -OCH3 is 1. The Labute approximate surface area is 120 Å². The van der Waals surface area contributed by atoms with Crippen molar-refractivity contribution >= 4 is 5.95 Å². The van der Waals surface area contributed by atoms with E-state index < -0.39 is 0 Å². The van der Waals surface area contributed by atoms with Crippen molar-refractivity contribution in [2.24, 2.45) is 0 Å². The summed E-state index contributed by atoms with van der Waals surface area (Å²) in [5.41, 5.74) is 0. The number of likely N-dealkylation sites (N-methyl/N-ethyl adjacent to an activating group) is 1. The van der Waals surface area contributed by atoms with Gasteiger partial charge in [-0.25, -0.2) is 0 Å². The van der Waals surface area contributed by atoms with Crippen LogP contribution < -0.4 is 10.2 Å². The molecule has 0 saturated carbocycles. The van der Waals surface area contributed by atoms with Crippen molar-refractivity contribution in [3.8, 4) is 0 Å². The molecule has 1 aliphatic rings. The van der Waals surface area contributed by atoms with Gasteiger partial charge in [-0.3, -0.25) is 0 Å². The molecule has 0 amide bonds. The van der Waals surface area contributed by atoms with Crippen molar-refractivity contribution < 1.29 is 9.26 Å². The molecule has 0 aliphatic carbocycles. The zero-order chi connectivity index (χ0) is 14.2. The third-order valence-corrected chi connectivity index (χ3v) is 3.63. The van der Waals surface area contributed by atoms with Gasteiger partial charge in [0.15, 0.2) is 0 Å². The first-order valence-corrected chi connectivity index (χ1v) is 7.63. The summed E-state index contributed by atoms with van der Waals surface area (Å²) in [6.45, 7) is 5.71. The summed E-state index contributed by atoms with van der Waals surface area (Å²) in [5.74, 6) is 1.43. The Morgan fingerprint density at radius 1 is 1.30 bits per heavy atom. The normalized spacial score (nSPS) is 18.0. The Morgan fingerprint density at radius 2 is 2.05 bits per heavy atom. The Kier molecular flexibility index (Phi) is 6.26. The fourth-order valence-electron chi connectivity index (χ4n) is 2.62. The summed E-state index contributed by atoms with van der Waals surface area (Å²) in [4.78, 5) is 6.77. The lowest BCUT2D eigenvalue weighted by molar-refractivity contribution is 0.162. The van der Waals surface area contributed by atoms with Gasteiger partial charge in [0.2, 0.25) is 5.89 Å². The number of nitrogens with zero attached hydrogens (tertiary/aromatic N) is 3. The molecule has 1 unspecified atom stereocenters. The molecular formula is C14H26N4O2. The van der Waals surface area contributed by atoms with Gasteiger partial charge in [-0.1, -0.05) is 19.8 Å². The minimum Gasteiger partial charge on any atom is -0.383 e. The topological polar surface area (TPSA) is 63.4 Å². The van der Waals surface area contributed by atoms with Gasteiger partial charge in [0, 0.05) is 32.7 Å². The summed E-state index contributed by atoms with van der Waals surface area (Å²) >= 11 is 0. The second-order valence-electron chi connectivity index (χ2n) is 5.30. The molecule has 114 valence electrons. The van der Waals surface area contributed by atoms with Gasteiger partial charge >= 0.3 is 0 Å². The van der Waals surface area contributed by atoms with E-state index in [1.807, 2.05) is 0 Å². The van der Waals surface area contributed by atoms with Crippen LogP contribution in [-0.4, -0.2) is 49.5 Å². The molecule has 1 saturated heterocycles. The van der Waals surface area contributed by atoms with Crippen LogP contribution in [0.5, 0.6) is 0 Å².